The van der Waals surface area contributed by atoms with Crippen LogP contribution in [-0.2, 0) is 4.79 Å². The van der Waals surface area contributed by atoms with Crippen LogP contribution in [0.4, 0.5) is 5.69 Å². The van der Waals surface area contributed by atoms with Crippen molar-refractivity contribution in [1.82, 2.24) is 4.90 Å². The first kappa shape index (κ1) is 19.3. The molecule has 2 aromatic carbocycles. The van der Waals surface area contributed by atoms with Gasteiger partial charge in [0.15, 0.2) is 10.9 Å². The van der Waals surface area contributed by atoms with Gasteiger partial charge in [-0.3, -0.25) is 9.69 Å². The first-order valence-electron chi connectivity index (χ1n) is 7.54. The maximum atomic E-state index is 12.5. The quantitative estimate of drug-likeness (QED) is 0.703. The maximum Gasteiger partial charge on any atom is 0.335 e. The van der Waals surface area contributed by atoms with Gasteiger partial charge in [-0.25, -0.2) is 9.79 Å². The number of benzene rings is 2. The molecule has 3 rings (SSSR count). The Labute approximate surface area is 168 Å². The fraction of sp³-hybridized carbons (Fsp3) is 0.0556. The van der Waals surface area contributed by atoms with Crippen molar-refractivity contribution in [1.29, 1.82) is 0 Å². The molecule has 0 radical (unpaired) electrons. The summed E-state index contributed by atoms with van der Waals surface area (Å²) in [4.78, 5) is 29.6. The minimum atomic E-state index is -1.02. The second-order valence-corrected chi connectivity index (χ2v) is 7.38. The molecule has 0 spiro atoms. The van der Waals surface area contributed by atoms with Gasteiger partial charge in [0.1, 0.15) is 0 Å². The van der Waals surface area contributed by atoms with E-state index in [0.29, 0.717) is 21.3 Å². The van der Waals surface area contributed by atoms with E-state index in [4.69, 9.17) is 28.3 Å². The summed E-state index contributed by atoms with van der Waals surface area (Å²) in [5, 5.41) is 19.2. The molecule has 0 saturated carbocycles. The molecule has 1 heterocycles. The number of hydrogen-bond donors (Lipinski definition) is 2. The molecule has 0 atom stereocenters. The van der Waals surface area contributed by atoms with E-state index in [1.54, 1.807) is 25.3 Å². The van der Waals surface area contributed by atoms with Crippen molar-refractivity contribution >= 4 is 63.8 Å². The van der Waals surface area contributed by atoms with Gasteiger partial charge in [-0.05, 0) is 59.8 Å². The van der Waals surface area contributed by atoms with Crippen molar-refractivity contribution in [3.63, 3.8) is 0 Å². The minimum absolute atomic E-state index is 0.0885. The number of carboxylic acids is 1. The summed E-state index contributed by atoms with van der Waals surface area (Å²) in [6, 6.07) is 9.03. The number of rotatable bonds is 3. The van der Waals surface area contributed by atoms with Gasteiger partial charge in [-0.2, -0.15) is 0 Å². The molecule has 0 unspecified atom stereocenters. The highest BCUT2D eigenvalue weighted by atomic mass is 35.5. The average molecular weight is 423 g/mol. The van der Waals surface area contributed by atoms with Crippen LogP contribution in [0, 0.1) is 0 Å². The highest BCUT2D eigenvalue weighted by Crippen LogP contribution is 2.36. The third kappa shape index (κ3) is 4.10. The van der Waals surface area contributed by atoms with Gasteiger partial charge < -0.3 is 10.2 Å². The fourth-order valence-corrected chi connectivity index (χ4v) is 3.75. The number of phenolic OH excluding ortho intramolecular Hbond substituents is 1. The van der Waals surface area contributed by atoms with Crippen LogP contribution in [0.1, 0.15) is 15.9 Å². The van der Waals surface area contributed by atoms with Gasteiger partial charge in [0.25, 0.3) is 5.91 Å². The highest BCUT2D eigenvalue weighted by Gasteiger charge is 2.30. The molecule has 9 heteroatoms. The van der Waals surface area contributed by atoms with Crippen molar-refractivity contribution < 1.29 is 19.8 Å². The van der Waals surface area contributed by atoms with E-state index in [0.717, 1.165) is 0 Å². The SMILES string of the molecule is CN1C(=O)C(=Cc2cc(Cl)c(O)c(Cl)c2)SC1=Nc1ccc(C(=O)O)cc1. The molecule has 27 heavy (non-hydrogen) atoms. The molecule has 1 saturated heterocycles. The number of carboxylic acid groups (broad SMARTS) is 1. The lowest BCUT2D eigenvalue weighted by Gasteiger charge is -2.07. The molecule has 0 aliphatic carbocycles. The smallest absolute Gasteiger partial charge is 0.335 e. The second kappa shape index (κ2) is 7.64. The fourth-order valence-electron chi connectivity index (χ4n) is 2.26. The highest BCUT2D eigenvalue weighted by molar-refractivity contribution is 8.18. The first-order chi connectivity index (χ1) is 12.8. The van der Waals surface area contributed by atoms with Crippen LogP contribution >= 0.6 is 35.0 Å². The van der Waals surface area contributed by atoms with Crippen LogP contribution in [0.2, 0.25) is 10.0 Å². The summed E-state index contributed by atoms with van der Waals surface area (Å²) in [6.45, 7) is 0. The first-order valence-corrected chi connectivity index (χ1v) is 9.11. The number of aromatic carboxylic acids is 1. The zero-order chi connectivity index (χ0) is 19.7. The summed E-state index contributed by atoms with van der Waals surface area (Å²) >= 11 is 13.0. The largest absolute Gasteiger partial charge is 0.505 e. The summed E-state index contributed by atoms with van der Waals surface area (Å²) in [5.74, 6) is -1.48. The van der Waals surface area contributed by atoms with Crippen LogP contribution in [0.15, 0.2) is 46.3 Å². The number of halogens is 2. The standard InChI is InChI=1S/C18H12Cl2N2O4S/c1-22-16(24)14(8-9-6-12(19)15(23)13(20)7-9)27-18(22)21-11-4-2-10(3-5-11)17(25)26/h2-8,23H,1H3,(H,25,26). The molecule has 0 aromatic heterocycles. The van der Waals surface area contributed by atoms with Crippen molar-refractivity contribution in [2.45, 2.75) is 0 Å². The second-order valence-electron chi connectivity index (χ2n) is 5.55. The molecule has 1 aliphatic rings. The van der Waals surface area contributed by atoms with Gasteiger partial charge in [-0.15, -0.1) is 0 Å². The third-order valence-electron chi connectivity index (χ3n) is 3.68. The Balaban J connectivity index is 1.89. The summed E-state index contributed by atoms with van der Waals surface area (Å²) in [6.07, 6.45) is 1.61. The molecule has 0 bridgehead atoms. The number of phenols is 1. The van der Waals surface area contributed by atoms with Crippen LogP contribution in [0.5, 0.6) is 5.75 Å². The Hall–Kier alpha value is -2.48. The number of carbonyl (C=O) groups excluding carboxylic acids is 1. The van der Waals surface area contributed by atoms with Crippen molar-refractivity contribution in [2.24, 2.45) is 4.99 Å². The van der Waals surface area contributed by atoms with E-state index in [-0.39, 0.29) is 27.3 Å². The van der Waals surface area contributed by atoms with Crippen molar-refractivity contribution in [2.75, 3.05) is 7.05 Å². The molecule has 1 amide bonds. The average Bonchev–Trinajstić information content (AvgIpc) is 2.88. The predicted molar refractivity (Wildman–Crippen MR) is 107 cm³/mol. The van der Waals surface area contributed by atoms with Crippen LogP contribution in [-0.4, -0.2) is 39.2 Å². The Kier molecular flexibility index (Phi) is 5.46. The number of amides is 1. The zero-order valence-electron chi connectivity index (χ0n) is 13.8. The lowest BCUT2D eigenvalue weighted by atomic mass is 10.2. The Bertz CT molecular complexity index is 980. The number of nitrogens with zero attached hydrogens (tertiary/aromatic N) is 2. The number of amidine groups is 1. The van der Waals surface area contributed by atoms with Crippen LogP contribution in [0.25, 0.3) is 6.08 Å². The maximum absolute atomic E-state index is 12.5. The van der Waals surface area contributed by atoms with Gasteiger partial charge >= 0.3 is 5.97 Å². The summed E-state index contributed by atoms with van der Waals surface area (Å²) in [5.41, 5.74) is 1.25. The van der Waals surface area contributed by atoms with Gasteiger partial charge in [0.2, 0.25) is 0 Å². The topological polar surface area (TPSA) is 90.2 Å². The zero-order valence-corrected chi connectivity index (χ0v) is 16.1. The van der Waals surface area contributed by atoms with Crippen molar-refractivity contribution in [3.8, 4) is 5.75 Å². The normalized spacial score (nSPS) is 17.1. The minimum Gasteiger partial charge on any atom is -0.505 e. The van der Waals surface area contributed by atoms with Crippen LogP contribution in [0.3, 0.4) is 0 Å². The number of carbonyl (C=O) groups is 2. The van der Waals surface area contributed by atoms with E-state index in [1.807, 2.05) is 0 Å². The molecule has 1 fully saturated rings. The monoisotopic (exact) mass is 422 g/mol. The van der Waals surface area contributed by atoms with Gasteiger partial charge in [-0.1, -0.05) is 23.2 Å². The van der Waals surface area contributed by atoms with E-state index in [2.05, 4.69) is 4.99 Å². The molecule has 2 N–H and O–H groups in total. The molecular weight excluding hydrogens is 411 g/mol. The lowest BCUT2D eigenvalue weighted by molar-refractivity contribution is -0.121. The van der Waals surface area contributed by atoms with E-state index in [1.165, 1.54) is 40.9 Å². The Morgan fingerprint density at radius 3 is 2.33 bits per heavy atom. The number of aliphatic imine (C=N–C) groups is 1. The molecule has 6 nitrogen and oxygen atoms in total. The molecule has 138 valence electrons. The predicted octanol–water partition coefficient (Wildman–Crippen LogP) is 4.63. The van der Waals surface area contributed by atoms with E-state index in [9.17, 15) is 14.7 Å². The molecular formula is C18H12Cl2N2O4S. The van der Waals surface area contributed by atoms with E-state index >= 15 is 0 Å². The number of hydrogen-bond acceptors (Lipinski definition) is 5. The molecule has 2 aromatic rings. The van der Waals surface area contributed by atoms with Gasteiger partial charge in [0, 0.05) is 7.05 Å². The molecule has 1 aliphatic heterocycles. The summed E-state index contributed by atoms with van der Waals surface area (Å²) < 4.78 is 0. The lowest BCUT2D eigenvalue weighted by Crippen LogP contribution is -2.23. The number of likely N-dealkylation sites (N-methyl/N-ethyl adjacent to an activating group) is 1. The number of aromatic hydroxyl groups is 1. The van der Waals surface area contributed by atoms with Gasteiger partial charge in [0.05, 0.1) is 26.2 Å². The third-order valence-corrected chi connectivity index (χ3v) is 5.32. The summed E-state index contributed by atoms with van der Waals surface area (Å²) in [7, 11) is 1.59. The van der Waals surface area contributed by atoms with Crippen molar-refractivity contribution in [3.05, 3.63) is 62.5 Å². The Morgan fingerprint density at radius 2 is 1.78 bits per heavy atom. The Morgan fingerprint density at radius 1 is 1.19 bits per heavy atom. The van der Waals surface area contributed by atoms with Crippen LogP contribution < -0.4 is 0 Å². The van der Waals surface area contributed by atoms with E-state index < -0.39 is 5.97 Å². The number of thioether (sulfide) groups is 1.